The van der Waals surface area contributed by atoms with Crippen molar-refractivity contribution in [2.45, 2.75) is 13.5 Å². The van der Waals surface area contributed by atoms with Gasteiger partial charge < -0.3 is 19.5 Å². The van der Waals surface area contributed by atoms with E-state index in [9.17, 15) is 13.6 Å². The third-order valence-corrected chi connectivity index (χ3v) is 2.67. The standard InChI is InChI=1S/C13H17F2NO4/c1-3-16(6-7-17)12(18)9-4-5-10(19-2)11(8-9)20-13(14)15/h4-5,8,13,17H,3,6-7H2,1-2H3. The Kier molecular flexibility index (Phi) is 6.17. The molecule has 0 heterocycles. The third-order valence-electron chi connectivity index (χ3n) is 2.67. The topological polar surface area (TPSA) is 59.0 Å². The van der Waals surface area contributed by atoms with Crippen molar-refractivity contribution in [3.05, 3.63) is 23.8 Å². The van der Waals surface area contributed by atoms with Crippen LogP contribution in [0.25, 0.3) is 0 Å². The average Bonchev–Trinajstić information content (AvgIpc) is 2.43. The summed E-state index contributed by atoms with van der Waals surface area (Å²) in [5.41, 5.74) is 0.191. The number of carbonyl (C=O) groups excluding carboxylic acids is 1. The highest BCUT2D eigenvalue weighted by molar-refractivity contribution is 5.94. The zero-order chi connectivity index (χ0) is 15.1. The van der Waals surface area contributed by atoms with E-state index >= 15 is 0 Å². The Labute approximate surface area is 115 Å². The van der Waals surface area contributed by atoms with Crippen molar-refractivity contribution >= 4 is 5.91 Å². The lowest BCUT2D eigenvalue weighted by Gasteiger charge is -2.20. The Bertz CT molecular complexity index is 454. The van der Waals surface area contributed by atoms with Gasteiger partial charge in [0, 0.05) is 18.7 Å². The smallest absolute Gasteiger partial charge is 0.387 e. The second kappa shape index (κ2) is 7.64. The van der Waals surface area contributed by atoms with E-state index in [1.807, 2.05) is 0 Å². The number of methoxy groups -OCH3 is 1. The number of hydrogen-bond acceptors (Lipinski definition) is 4. The Morgan fingerprint density at radius 3 is 2.60 bits per heavy atom. The molecule has 0 unspecified atom stereocenters. The Morgan fingerprint density at radius 1 is 1.40 bits per heavy atom. The van der Waals surface area contributed by atoms with Gasteiger partial charge in [-0.05, 0) is 25.1 Å². The largest absolute Gasteiger partial charge is 0.493 e. The number of ether oxygens (including phenoxy) is 2. The lowest BCUT2D eigenvalue weighted by atomic mass is 10.1. The number of likely N-dealkylation sites (N-methyl/N-ethyl adjacent to an activating group) is 1. The molecule has 1 aromatic carbocycles. The van der Waals surface area contributed by atoms with Gasteiger partial charge in [0.1, 0.15) is 0 Å². The number of aliphatic hydroxyl groups is 1. The van der Waals surface area contributed by atoms with Crippen LogP contribution in [0.2, 0.25) is 0 Å². The number of halogens is 2. The molecular weight excluding hydrogens is 272 g/mol. The SMILES string of the molecule is CCN(CCO)C(=O)c1ccc(OC)c(OC(F)F)c1. The molecule has 7 heteroatoms. The maximum Gasteiger partial charge on any atom is 0.387 e. The number of rotatable bonds is 7. The quantitative estimate of drug-likeness (QED) is 0.831. The van der Waals surface area contributed by atoms with Crippen LogP contribution in [0.15, 0.2) is 18.2 Å². The molecular formula is C13H17F2NO4. The minimum absolute atomic E-state index is 0.118. The molecule has 0 spiro atoms. The fraction of sp³-hybridized carbons (Fsp3) is 0.462. The molecule has 1 N–H and O–H groups in total. The first-order valence-electron chi connectivity index (χ1n) is 6.06. The van der Waals surface area contributed by atoms with Crippen molar-refractivity contribution in [2.24, 2.45) is 0 Å². The van der Waals surface area contributed by atoms with Gasteiger partial charge in [0.25, 0.3) is 5.91 Å². The van der Waals surface area contributed by atoms with Crippen LogP contribution in [-0.2, 0) is 0 Å². The van der Waals surface area contributed by atoms with Crippen molar-refractivity contribution in [1.82, 2.24) is 4.90 Å². The van der Waals surface area contributed by atoms with E-state index in [0.717, 1.165) is 0 Å². The second-order valence-electron chi connectivity index (χ2n) is 3.85. The number of alkyl halides is 2. The van der Waals surface area contributed by atoms with Gasteiger partial charge in [-0.1, -0.05) is 0 Å². The molecule has 1 rings (SSSR count). The van der Waals surface area contributed by atoms with Gasteiger partial charge in [0.2, 0.25) is 0 Å². The molecule has 0 fully saturated rings. The zero-order valence-electron chi connectivity index (χ0n) is 11.3. The molecule has 1 amide bonds. The van der Waals surface area contributed by atoms with Gasteiger partial charge in [0.15, 0.2) is 11.5 Å². The molecule has 5 nitrogen and oxygen atoms in total. The Morgan fingerprint density at radius 2 is 2.10 bits per heavy atom. The normalized spacial score (nSPS) is 10.5. The summed E-state index contributed by atoms with van der Waals surface area (Å²) in [4.78, 5) is 13.5. The molecule has 20 heavy (non-hydrogen) atoms. The predicted octanol–water partition coefficient (Wildman–Crippen LogP) is 1.75. The molecule has 0 saturated carbocycles. The van der Waals surface area contributed by atoms with Gasteiger partial charge in [-0.3, -0.25) is 4.79 Å². The number of aliphatic hydroxyl groups excluding tert-OH is 1. The van der Waals surface area contributed by atoms with E-state index in [0.29, 0.717) is 6.54 Å². The lowest BCUT2D eigenvalue weighted by Crippen LogP contribution is -2.33. The lowest BCUT2D eigenvalue weighted by molar-refractivity contribution is -0.0512. The first kappa shape index (κ1) is 16.2. The van der Waals surface area contributed by atoms with Crippen molar-refractivity contribution in [2.75, 3.05) is 26.8 Å². The predicted molar refractivity (Wildman–Crippen MR) is 68.3 cm³/mol. The van der Waals surface area contributed by atoms with Gasteiger partial charge in [-0.25, -0.2) is 0 Å². The van der Waals surface area contributed by atoms with E-state index in [-0.39, 0.29) is 36.1 Å². The van der Waals surface area contributed by atoms with Crippen molar-refractivity contribution < 1.29 is 28.2 Å². The summed E-state index contributed by atoms with van der Waals surface area (Å²) >= 11 is 0. The zero-order valence-corrected chi connectivity index (χ0v) is 11.3. The van der Waals surface area contributed by atoms with E-state index in [1.54, 1.807) is 6.92 Å². The van der Waals surface area contributed by atoms with Gasteiger partial charge >= 0.3 is 6.61 Å². The van der Waals surface area contributed by atoms with Crippen LogP contribution in [0.5, 0.6) is 11.5 Å². The summed E-state index contributed by atoms with van der Waals surface area (Å²) in [6.07, 6.45) is 0. The van der Waals surface area contributed by atoms with E-state index in [2.05, 4.69) is 4.74 Å². The molecule has 0 aliphatic heterocycles. The van der Waals surface area contributed by atoms with Crippen LogP contribution >= 0.6 is 0 Å². The fourth-order valence-electron chi connectivity index (χ4n) is 1.70. The van der Waals surface area contributed by atoms with Crippen LogP contribution in [0.1, 0.15) is 17.3 Å². The minimum atomic E-state index is -3.01. The highest BCUT2D eigenvalue weighted by Crippen LogP contribution is 2.29. The number of carbonyl (C=O) groups is 1. The maximum atomic E-state index is 12.3. The third kappa shape index (κ3) is 4.06. The van der Waals surface area contributed by atoms with Gasteiger partial charge in [-0.2, -0.15) is 8.78 Å². The highest BCUT2D eigenvalue weighted by Gasteiger charge is 2.18. The monoisotopic (exact) mass is 289 g/mol. The summed E-state index contributed by atoms with van der Waals surface area (Å²) < 4.78 is 33.8. The van der Waals surface area contributed by atoms with Gasteiger partial charge in [0.05, 0.1) is 13.7 Å². The van der Waals surface area contributed by atoms with Gasteiger partial charge in [-0.15, -0.1) is 0 Å². The van der Waals surface area contributed by atoms with E-state index < -0.39 is 6.61 Å². The minimum Gasteiger partial charge on any atom is -0.493 e. The molecule has 0 atom stereocenters. The fourth-order valence-corrected chi connectivity index (χ4v) is 1.70. The molecule has 0 aliphatic rings. The number of benzene rings is 1. The maximum absolute atomic E-state index is 12.3. The molecule has 0 radical (unpaired) electrons. The van der Waals surface area contributed by atoms with E-state index in [4.69, 9.17) is 9.84 Å². The Balaban J connectivity index is 3.03. The first-order chi connectivity index (χ1) is 9.53. The Hall–Kier alpha value is -1.89. The van der Waals surface area contributed by atoms with Crippen LogP contribution < -0.4 is 9.47 Å². The molecule has 0 saturated heterocycles. The number of hydrogen-bond donors (Lipinski definition) is 1. The van der Waals surface area contributed by atoms with Crippen LogP contribution in [-0.4, -0.2) is 49.3 Å². The summed E-state index contributed by atoms with van der Waals surface area (Å²) in [6.45, 7) is -0.846. The molecule has 0 aromatic heterocycles. The van der Waals surface area contributed by atoms with E-state index in [1.165, 1.54) is 30.2 Å². The number of nitrogens with zero attached hydrogens (tertiary/aromatic N) is 1. The number of amides is 1. The van der Waals surface area contributed by atoms with Crippen LogP contribution in [0, 0.1) is 0 Å². The van der Waals surface area contributed by atoms with Crippen molar-refractivity contribution in [3.63, 3.8) is 0 Å². The van der Waals surface area contributed by atoms with Crippen LogP contribution in [0.3, 0.4) is 0 Å². The average molecular weight is 289 g/mol. The van der Waals surface area contributed by atoms with Crippen molar-refractivity contribution in [1.29, 1.82) is 0 Å². The summed E-state index contributed by atoms with van der Waals surface area (Å²) in [5, 5.41) is 8.88. The molecule has 0 aliphatic carbocycles. The highest BCUT2D eigenvalue weighted by atomic mass is 19.3. The second-order valence-corrected chi connectivity index (χ2v) is 3.85. The summed E-state index contributed by atoms with van der Waals surface area (Å²) in [5.74, 6) is -0.455. The summed E-state index contributed by atoms with van der Waals surface area (Å²) in [7, 11) is 1.32. The van der Waals surface area contributed by atoms with Crippen LogP contribution in [0.4, 0.5) is 8.78 Å². The summed E-state index contributed by atoms with van der Waals surface area (Å²) in [6, 6.07) is 4.05. The first-order valence-corrected chi connectivity index (χ1v) is 6.06. The molecule has 112 valence electrons. The molecule has 1 aromatic rings. The molecule has 0 bridgehead atoms. The van der Waals surface area contributed by atoms with Crippen molar-refractivity contribution in [3.8, 4) is 11.5 Å².